The van der Waals surface area contributed by atoms with Crippen molar-refractivity contribution in [2.75, 3.05) is 12.3 Å². The van der Waals surface area contributed by atoms with E-state index >= 15 is 0 Å². The molecule has 0 spiro atoms. The SMILES string of the molecule is O=C1N[C@](Cc2ccccc2)(c2ccccc2)C(=O)N1CCSc1ccccc1F. The van der Waals surface area contributed by atoms with Crippen LogP contribution in [0.25, 0.3) is 0 Å². The fourth-order valence-electron chi connectivity index (χ4n) is 3.68. The van der Waals surface area contributed by atoms with Crippen LogP contribution in [0.15, 0.2) is 89.8 Å². The van der Waals surface area contributed by atoms with E-state index in [-0.39, 0.29) is 18.3 Å². The normalized spacial score (nSPS) is 18.5. The molecule has 1 aliphatic rings. The number of halogens is 1. The van der Waals surface area contributed by atoms with Gasteiger partial charge in [-0.15, -0.1) is 11.8 Å². The molecule has 0 radical (unpaired) electrons. The number of amides is 3. The van der Waals surface area contributed by atoms with Crippen molar-refractivity contribution in [2.45, 2.75) is 16.9 Å². The lowest BCUT2D eigenvalue weighted by atomic mass is 9.83. The zero-order chi connectivity index (χ0) is 21.0. The third-order valence-electron chi connectivity index (χ3n) is 5.16. The number of nitrogens with zero attached hydrogens (tertiary/aromatic N) is 1. The Morgan fingerprint density at radius 3 is 2.20 bits per heavy atom. The van der Waals surface area contributed by atoms with E-state index in [1.165, 1.54) is 22.7 Å². The van der Waals surface area contributed by atoms with Gasteiger partial charge in [-0.25, -0.2) is 9.18 Å². The van der Waals surface area contributed by atoms with Crippen LogP contribution in [0.4, 0.5) is 9.18 Å². The molecular weight excluding hydrogens is 399 g/mol. The highest BCUT2D eigenvalue weighted by atomic mass is 32.2. The van der Waals surface area contributed by atoms with Crippen LogP contribution in [0.3, 0.4) is 0 Å². The van der Waals surface area contributed by atoms with Crippen LogP contribution in [0, 0.1) is 5.82 Å². The average molecular weight is 421 g/mol. The molecule has 30 heavy (non-hydrogen) atoms. The summed E-state index contributed by atoms with van der Waals surface area (Å²) in [5.74, 6) is -0.171. The number of carbonyl (C=O) groups excluding carboxylic acids is 2. The Balaban J connectivity index is 1.57. The standard InChI is InChI=1S/C24H21FN2O2S/c25-20-13-7-8-14-21(20)30-16-15-27-22(28)24(26-23(27)29,19-11-5-2-6-12-19)17-18-9-3-1-4-10-18/h1-14H,15-17H2,(H,26,29)/t24-/m1/s1. The number of urea groups is 1. The number of benzene rings is 3. The second-order valence-electron chi connectivity index (χ2n) is 7.10. The van der Waals surface area contributed by atoms with Gasteiger partial charge >= 0.3 is 6.03 Å². The molecule has 6 heteroatoms. The summed E-state index contributed by atoms with van der Waals surface area (Å²) in [6.07, 6.45) is 0.360. The van der Waals surface area contributed by atoms with Crippen LogP contribution >= 0.6 is 11.8 Å². The Hall–Kier alpha value is -3.12. The molecule has 4 nitrogen and oxygen atoms in total. The zero-order valence-electron chi connectivity index (χ0n) is 16.3. The van der Waals surface area contributed by atoms with Gasteiger partial charge in [-0.2, -0.15) is 0 Å². The van der Waals surface area contributed by atoms with Crippen molar-refractivity contribution in [2.24, 2.45) is 0 Å². The molecule has 3 aromatic rings. The summed E-state index contributed by atoms with van der Waals surface area (Å²) in [4.78, 5) is 28.0. The molecule has 0 unspecified atom stereocenters. The van der Waals surface area contributed by atoms with Crippen LogP contribution < -0.4 is 5.32 Å². The highest BCUT2D eigenvalue weighted by Crippen LogP contribution is 2.33. The van der Waals surface area contributed by atoms with Crippen molar-refractivity contribution in [3.8, 4) is 0 Å². The third kappa shape index (κ3) is 3.96. The van der Waals surface area contributed by atoms with Crippen molar-refractivity contribution >= 4 is 23.7 Å². The number of hydrogen-bond donors (Lipinski definition) is 1. The lowest BCUT2D eigenvalue weighted by molar-refractivity contribution is -0.131. The van der Waals surface area contributed by atoms with Gasteiger partial charge in [0.15, 0.2) is 5.54 Å². The molecule has 152 valence electrons. The van der Waals surface area contributed by atoms with Crippen molar-refractivity contribution in [3.63, 3.8) is 0 Å². The molecule has 1 heterocycles. The molecule has 1 saturated heterocycles. The Morgan fingerprint density at radius 2 is 1.50 bits per heavy atom. The molecule has 3 aromatic carbocycles. The lowest BCUT2D eigenvalue weighted by Crippen LogP contribution is -2.46. The molecule has 1 fully saturated rings. The Labute approximate surface area is 179 Å². The third-order valence-corrected chi connectivity index (χ3v) is 6.19. The van der Waals surface area contributed by atoms with E-state index in [9.17, 15) is 14.0 Å². The van der Waals surface area contributed by atoms with Gasteiger partial charge in [0.25, 0.3) is 5.91 Å². The average Bonchev–Trinajstić information content (AvgIpc) is 3.01. The van der Waals surface area contributed by atoms with Gasteiger partial charge in [-0.05, 0) is 23.3 Å². The molecule has 1 atom stereocenters. The Morgan fingerprint density at radius 1 is 0.867 bits per heavy atom. The molecule has 0 aromatic heterocycles. The van der Waals surface area contributed by atoms with E-state index in [2.05, 4.69) is 5.32 Å². The van der Waals surface area contributed by atoms with Gasteiger partial charge in [0, 0.05) is 23.6 Å². The van der Waals surface area contributed by atoms with Gasteiger partial charge in [-0.3, -0.25) is 9.69 Å². The van der Waals surface area contributed by atoms with Crippen molar-refractivity contribution < 1.29 is 14.0 Å². The summed E-state index contributed by atoms with van der Waals surface area (Å²) in [5, 5.41) is 2.95. The smallest absolute Gasteiger partial charge is 0.319 e. The number of rotatable bonds is 7. The topological polar surface area (TPSA) is 49.4 Å². The number of nitrogens with one attached hydrogen (secondary N) is 1. The first-order valence-electron chi connectivity index (χ1n) is 9.71. The van der Waals surface area contributed by atoms with Crippen LogP contribution in [0.1, 0.15) is 11.1 Å². The second kappa shape index (κ2) is 8.71. The summed E-state index contributed by atoms with van der Waals surface area (Å²) >= 11 is 1.29. The number of thioether (sulfide) groups is 1. The van der Waals surface area contributed by atoms with Crippen LogP contribution in [-0.4, -0.2) is 29.1 Å². The first-order valence-corrected chi connectivity index (χ1v) is 10.7. The monoisotopic (exact) mass is 420 g/mol. The minimum absolute atomic E-state index is 0.201. The maximum atomic E-state index is 13.8. The summed E-state index contributed by atoms with van der Waals surface area (Å²) in [5.41, 5.74) is 0.552. The van der Waals surface area contributed by atoms with E-state index in [1.54, 1.807) is 18.2 Å². The highest BCUT2D eigenvalue weighted by Gasteiger charge is 2.52. The quantitative estimate of drug-likeness (QED) is 0.449. The maximum Gasteiger partial charge on any atom is 0.325 e. The molecule has 0 bridgehead atoms. The minimum atomic E-state index is -1.15. The minimum Gasteiger partial charge on any atom is -0.319 e. The molecule has 0 saturated carbocycles. The lowest BCUT2D eigenvalue weighted by Gasteiger charge is -2.27. The maximum absolute atomic E-state index is 13.8. The molecular formula is C24H21FN2O2S. The van der Waals surface area contributed by atoms with Crippen molar-refractivity contribution in [1.82, 2.24) is 10.2 Å². The molecule has 4 rings (SSSR count). The van der Waals surface area contributed by atoms with E-state index in [1.807, 2.05) is 60.7 Å². The first kappa shape index (κ1) is 20.2. The summed E-state index contributed by atoms with van der Waals surface area (Å²) < 4.78 is 13.8. The number of imide groups is 1. The molecule has 1 aliphatic heterocycles. The number of carbonyl (C=O) groups is 2. The fourth-order valence-corrected chi connectivity index (χ4v) is 4.55. The van der Waals surface area contributed by atoms with Gasteiger partial charge in [0.2, 0.25) is 0 Å². The zero-order valence-corrected chi connectivity index (χ0v) is 17.1. The van der Waals surface area contributed by atoms with Gasteiger partial charge in [0.1, 0.15) is 5.82 Å². The van der Waals surface area contributed by atoms with E-state index in [0.29, 0.717) is 17.1 Å². The summed E-state index contributed by atoms with van der Waals surface area (Å²) in [6.45, 7) is 0.201. The van der Waals surface area contributed by atoms with Gasteiger partial charge in [-0.1, -0.05) is 72.8 Å². The van der Waals surface area contributed by atoms with Crippen LogP contribution in [-0.2, 0) is 16.8 Å². The summed E-state index contributed by atoms with van der Waals surface area (Å²) in [6, 6.07) is 25.0. The molecule has 0 aliphatic carbocycles. The number of hydrogen-bond acceptors (Lipinski definition) is 3. The van der Waals surface area contributed by atoms with Crippen LogP contribution in [0.2, 0.25) is 0 Å². The highest BCUT2D eigenvalue weighted by molar-refractivity contribution is 7.99. The van der Waals surface area contributed by atoms with Crippen molar-refractivity contribution in [1.29, 1.82) is 0 Å². The summed E-state index contributed by atoms with van der Waals surface area (Å²) in [7, 11) is 0. The molecule has 3 amide bonds. The predicted octanol–water partition coefficient (Wildman–Crippen LogP) is 4.61. The first-order chi connectivity index (χ1) is 14.6. The van der Waals surface area contributed by atoms with Crippen LogP contribution in [0.5, 0.6) is 0 Å². The fraction of sp³-hybridized carbons (Fsp3) is 0.167. The predicted molar refractivity (Wildman–Crippen MR) is 116 cm³/mol. The Bertz CT molecular complexity index is 1050. The second-order valence-corrected chi connectivity index (χ2v) is 8.24. The van der Waals surface area contributed by atoms with E-state index in [4.69, 9.17) is 0 Å². The van der Waals surface area contributed by atoms with E-state index in [0.717, 1.165) is 11.1 Å². The largest absolute Gasteiger partial charge is 0.325 e. The molecule has 1 N–H and O–H groups in total. The van der Waals surface area contributed by atoms with Crippen molar-refractivity contribution in [3.05, 3.63) is 102 Å². The van der Waals surface area contributed by atoms with E-state index < -0.39 is 11.6 Å². The Kier molecular flexibility index (Phi) is 5.86. The van der Waals surface area contributed by atoms with Gasteiger partial charge in [0.05, 0.1) is 0 Å². The van der Waals surface area contributed by atoms with Gasteiger partial charge < -0.3 is 5.32 Å².